The van der Waals surface area contributed by atoms with Gasteiger partial charge < -0.3 is 14.8 Å². The second-order valence-corrected chi connectivity index (χ2v) is 5.47. The molecular weight excluding hydrogens is 340 g/mol. The molecule has 0 aliphatic heterocycles. The van der Waals surface area contributed by atoms with Crippen LogP contribution in [0.25, 0.3) is 0 Å². The SMILES string of the molecule is COC(=O)c1cc(CNC(=O)c2ccc([N+](=O)[O-])c(C)c2)ccc1OC. The first-order chi connectivity index (χ1) is 12.4. The molecule has 0 aliphatic carbocycles. The number of carbonyl (C=O) groups is 2. The molecular formula is C18H18N2O6. The number of benzene rings is 2. The van der Waals surface area contributed by atoms with Gasteiger partial charge in [-0.25, -0.2) is 4.79 Å². The molecule has 0 aliphatic rings. The minimum absolute atomic E-state index is 0.0422. The van der Waals surface area contributed by atoms with Crippen LogP contribution in [0.15, 0.2) is 36.4 Å². The molecule has 2 aromatic carbocycles. The summed E-state index contributed by atoms with van der Waals surface area (Å²) < 4.78 is 9.83. The van der Waals surface area contributed by atoms with Crippen LogP contribution in [0.1, 0.15) is 31.8 Å². The summed E-state index contributed by atoms with van der Waals surface area (Å²) in [6, 6.07) is 9.06. The Hall–Kier alpha value is -3.42. The molecule has 0 fully saturated rings. The highest BCUT2D eigenvalue weighted by Crippen LogP contribution is 2.21. The molecule has 0 bridgehead atoms. The van der Waals surface area contributed by atoms with Crippen LogP contribution < -0.4 is 10.1 Å². The smallest absolute Gasteiger partial charge is 0.341 e. The first-order valence-corrected chi connectivity index (χ1v) is 7.65. The van der Waals surface area contributed by atoms with Gasteiger partial charge in [-0.05, 0) is 36.8 Å². The van der Waals surface area contributed by atoms with Gasteiger partial charge in [-0.2, -0.15) is 0 Å². The van der Waals surface area contributed by atoms with Crippen LogP contribution in [0.5, 0.6) is 5.75 Å². The van der Waals surface area contributed by atoms with Crippen molar-refractivity contribution in [1.29, 1.82) is 0 Å². The van der Waals surface area contributed by atoms with E-state index in [1.165, 1.54) is 32.4 Å². The number of nitro groups is 1. The van der Waals surface area contributed by atoms with E-state index in [0.29, 0.717) is 22.4 Å². The van der Waals surface area contributed by atoms with Crippen molar-refractivity contribution >= 4 is 17.6 Å². The van der Waals surface area contributed by atoms with Crippen LogP contribution >= 0.6 is 0 Å². The second-order valence-electron chi connectivity index (χ2n) is 5.47. The Morgan fingerprint density at radius 1 is 1.15 bits per heavy atom. The van der Waals surface area contributed by atoms with Crippen molar-refractivity contribution in [2.24, 2.45) is 0 Å². The first kappa shape index (κ1) is 18.9. The number of rotatable bonds is 6. The van der Waals surface area contributed by atoms with Gasteiger partial charge in [0.05, 0.1) is 19.1 Å². The number of hydrogen-bond acceptors (Lipinski definition) is 6. The molecule has 1 amide bonds. The lowest BCUT2D eigenvalue weighted by Gasteiger charge is -2.10. The van der Waals surface area contributed by atoms with Crippen LogP contribution in [-0.4, -0.2) is 31.0 Å². The Morgan fingerprint density at radius 3 is 2.46 bits per heavy atom. The lowest BCUT2D eigenvalue weighted by atomic mass is 10.1. The summed E-state index contributed by atoms with van der Waals surface area (Å²) in [5.74, 6) is -0.544. The number of hydrogen-bond donors (Lipinski definition) is 1. The number of nitrogens with zero attached hydrogens (tertiary/aromatic N) is 1. The van der Waals surface area contributed by atoms with Gasteiger partial charge in [0.15, 0.2) is 0 Å². The molecule has 0 atom stereocenters. The minimum atomic E-state index is -0.541. The summed E-state index contributed by atoms with van der Waals surface area (Å²) in [7, 11) is 2.72. The maximum Gasteiger partial charge on any atom is 0.341 e. The summed E-state index contributed by atoms with van der Waals surface area (Å²) in [5, 5.41) is 13.5. The Labute approximate surface area is 149 Å². The van der Waals surface area contributed by atoms with Gasteiger partial charge in [0.25, 0.3) is 11.6 Å². The topological polar surface area (TPSA) is 108 Å². The van der Waals surface area contributed by atoms with Crippen LogP contribution in [0.4, 0.5) is 5.69 Å². The van der Waals surface area contributed by atoms with Gasteiger partial charge in [-0.3, -0.25) is 14.9 Å². The number of nitro benzene ring substituents is 1. The van der Waals surface area contributed by atoms with E-state index in [9.17, 15) is 19.7 Å². The molecule has 0 aromatic heterocycles. The minimum Gasteiger partial charge on any atom is -0.496 e. The molecule has 0 spiro atoms. The quantitative estimate of drug-likeness (QED) is 0.483. The molecule has 0 unspecified atom stereocenters. The summed E-state index contributed by atoms with van der Waals surface area (Å²) in [6.07, 6.45) is 0. The van der Waals surface area contributed by atoms with Gasteiger partial charge in [0.2, 0.25) is 0 Å². The number of nitrogens with one attached hydrogen (secondary N) is 1. The van der Waals surface area contributed by atoms with Gasteiger partial charge in [-0.15, -0.1) is 0 Å². The zero-order valence-electron chi connectivity index (χ0n) is 14.6. The first-order valence-electron chi connectivity index (χ1n) is 7.65. The van der Waals surface area contributed by atoms with Crippen molar-refractivity contribution in [1.82, 2.24) is 5.32 Å². The molecule has 0 heterocycles. The van der Waals surface area contributed by atoms with Crippen molar-refractivity contribution in [3.8, 4) is 5.75 Å². The van der Waals surface area contributed by atoms with Gasteiger partial charge in [-0.1, -0.05) is 6.07 Å². The molecule has 2 aromatic rings. The molecule has 8 nitrogen and oxygen atoms in total. The molecule has 26 heavy (non-hydrogen) atoms. The van der Waals surface area contributed by atoms with Crippen LogP contribution in [-0.2, 0) is 11.3 Å². The highest BCUT2D eigenvalue weighted by atomic mass is 16.6. The van der Waals surface area contributed by atoms with E-state index in [1.54, 1.807) is 25.1 Å². The molecule has 2 rings (SSSR count). The van der Waals surface area contributed by atoms with Gasteiger partial charge >= 0.3 is 5.97 Å². The predicted molar refractivity (Wildman–Crippen MR) is 93.3 cm³/mol. The van der Waals surface area contributed by atoms with E-state index in [2.05, 4.69) is 5.32 Å². The fraction of sp³-hybridized carbons (Fsp3) is 0.222. The fourth-order valence-corrected chi connectivity index (χ4v) is 2.42. The number of aryl methyl sites for hydroxylation is 1. The van der Waals surface area contributed by atoms with Gasteiger partial charge in [0, 0.05) is 23.7 Å². The Bertz CT molecular complexity index is 863. The lowest BCUT2D eigenvalue weighted by molar-refractivity contribution is -0.385. The average Bonchev–Trinajstić information content (AvgIpc) is 2.64. The third-order valence-corrected chi connectivity index (χ3v) is 3.78. The van der Waals surface area contributed by atoms with Crippen molar-refractivity contribution in [2.75, 3.05) is 14.2 Å². The Kier molecular flexibility index (Phi) is 5.90. The van der Waals surface area contributed by atoms with Crippen molar-refractivity contribution in [3.63, 3.8) is 0 Å². The van der Waals surface area contributed by atoms with E-state index >= 15 is 0 Å². The van der Waals surface area contributed by atoms with E-state index in [4.69, 9.17) is 9.47 Å². The zero-order chi connectivity index (χ0) is 19.3. The van der Waals surface area contributed by atoms with Gasteiger partial charge in [0.1, 0.15) is 11.3 Å². The average molecular weight is 358 g/mol. The number of amides is 1. The maximum atomic E-state index is 12.3. The third kappa shape index (κ3) is 4.15. The largest absolute Gasteiger partial charge is 0.496 e. The lowest BCUT2D eigenvalue weighted by Crippen LogP contribution is -2.23. The summed E-state index contributed by atoms with van der Waals surface area (Å²) >= 11 is 0. The monoisotopic (exact) mass is 358 g/mol. The van der Waals surface area contributed by atoms with Crippen molar-refractivity contribution in [3.05, 3.63) is 68.8 Å². The fourth-order valence-electron chi connectivity index (χ4n) is 2.42. The zero-order valence-corrected chi connectivity index (χ0v) is 14.6. The molecule has 1 N–H and O–H groups in total. The Morgan fingerprint density at radius 2 is 1.88 bits per heavy atom. The van der Waals surface area contributed by atoms with Crippen LogP contribution in [0.2, 0.25) is 0 Å². The third-order valence-electron chi connectivity index (χ3n) is 3.78. The highest BCUT2D eigenvalue weighted by Gasteiger charge is 2.15. The van der Waals surface area contributed by atoms with Crippen molar-refractivity contribution < 1.29 is 24.0 Å². The molecule has 8 heteroatoms. The maximum absolute atomic E-state index is 12.3. The second kappa shape index (κ2) is 8.11. The van der Waals surface area contributed by atoms with Crippen molar-refractivity contribution in [2.45, 2.75) is 13.5 Å². The van der Waals surface area contributed by atoms with E-state index in [-0.39, 0.29) is 23.7 Å². The van der Waals surface area contributed by atoms with E-state index in [1.807, 2.05) is 0 Å². The molecule has 136 valence electrons. The van der Waals surface area contributed by atoms with Crippen LogP contribution in [0.3, 0.4) is 0 Å². The molecule has 0 saturated carbocycles. The predicted octanol–water partition coefficient (Wildman–Crippen LogP) is 2.63. The normalized spacial score (nSPS) is 10.1. The van der Waals surface area contributed by atoms with E-state index in [0.717, 1.165) is 0 Å². The number of carbonyl (C=O) groups excluding carboxylic acids is 2. The molecule has 0 radical (unpaired) electrons. The van der Waals surface area contributed by atoms with Crippen LogP contribution in [0, 0.1) is 17.0 Å². The molecule has 0 saturated heterocycles. The highest BCUT2D eigenvalue weighted by molar-refractivity contribution is 5.95. The number of ether oxygens (including phenoxy) is 2. The summed E-state index contributed by atoms with van der Waals surface area (Å²) in [6.45, 7) is 1.74. The number of methoxy groups -OCH3 is 2. The summed E-state index contributed by atoms with van der Waals surface area (Å²) in [4.78, 5) is 34.4. The van der Waals surface area contributed by atoms with E-state index < -0.39 is 10.9 Å². The number of esters is 1. The standard InChI is InChI=1S/C18H18N2O6/c1-11-8-13(5-6-15(11)20(23)24)17(21)19-10-12-4-7-16(25-2)14(9-12)18(22)26-3/h4-9H,10H2,1-3H3,(H,19,21). The Balaban J connectivity index is 2.13. The summed E-state index contributed by atoms with van der Waals surface area (Å²) in [5.41, 5.74) is 1.61.